The SMILES string of the molecule is CCCCN(CC(=O)Nc1cc(C(C)(C)C)nn1-c1ccc(OC)cc1)C(=O)CCC. The zero-order valence-electron chi connectivity index (χ0n) is 19.7. The Kier molecular flexibility index (Phi) is 8.65. The lowest BCUT2D eigenvalue weighted by Crippen LogP contribution is -2.38. The summed E-state index contributed by atoms with van der Waals surface area (Å²) in [6, 6.07) is 9.40. The first-order valence-electron chi connectivity index (χ1n) is 11.0. The van der Waals surface area contributed by atoms with Crippen molar-refractivity contribution in [3.8, 4) is 11.4 Å². The molecule has 0 radical (unpaired) electrons. The molecule has 2 amide bonds. The highest BCUT2D eigenvalue weighted by atomic mass is 16.5. The van der Waals surface area contributed by atoms with Crippen LogP contribution in [0, 0.1) is 0 Å². The highest BCUT2D eigenvalue weighted by molar-refractivity contribution is 5.94. The number of unbranched alkanes of at least 4 members (excludes halogenated alkanes) is 1. The lowest BCUT2D eigenvalue weighted by molar-refractivity contribution is -0.134. The quantitative estimate of drug-likeness (QED) is 0.602. The van der Waals surface area contributed by atoms with Crippen LogP contribution < -0.4 is 10.1 Å². The van der Waals surface area contributed by atoms with E-state index in [0.717, 1.165) is 36.4 Å². The average molecular weight is 429 g/mol. The first kappa shape index (κ1) is 24.4. The third-order valence-corrected chi connectivity index (χ3v) is 4.99. The molecule has 0 saturated carbocycles. The monoisotopic (exact) mass is 428 g/mol. The third-order valence-electron chi connectivity index (χ3n) is 4.99. The minimum atomic E-state index is -0.226. The molecule has 0 spiro atoms. The number of hydrogen-bond donors (Lipinski definition) is 1. The van der Waals surface area contributed by atoms with Crippen molar-refractivity contribution in [3.05, 3.63) is 36.0 Å². The van der Waals surface area contributed by atoms with E-state index in [1.54, 1.807) is 16.7 Å². The molecule has 0 atom stereocenters. The minimum absolute atomic E-state index is 0.0187. The number of carbonyl (C=O) groups excluding carboxylic acids is 2. The number of nitrogens with one attached hydrogen (secondary N) is 1. The van der Waals surface area contributed by atoms with Crippen LogP contribution in [0.3, 0.4) is 0 Å². The summed E-state index contributed by atoms with van der Waals surface area (Å²) < 4.78 is 6.96. The molecule has 0 aliphatic heterocycles. The van der Waals surface area contributed by atoms with Gasteiger partial charge in [0.05, 0.1) is 25.0 Å². The minimum Gasteiger partial charge on any atom is -0.497 e. The molecule has 0 bridgehead atoms. The van der Waals surface area contributed by atoms with Crippen LogP contribution >= 0.6 is 0 Å². The Morgan fingerprint density at radius 2 is 1.81 bits per heavy atom. The summed E-state index contributed by atoms with van der Waals surface area (Å²) in [5.41, 5.74) is 1.50. The molecule has 1 N–H and O–H groups in total. The van der Waals surface area contributed by atoms with E-state index in [1.165, 1.54) is 0 Å². The number of benzene rings is 1. The Balaban J connectivity index is 2.27. The van der Waals surface area contributed by atoms with Gasteiger partial charge in [0.2, 0.25) is 11.8 Å². The lowest BCUT2D eigenvalue weighted by Gasteiger charge is -2.22. The van der Waals surface area contributed by atoms with Gasteiger partial charge in [0, 0.05) is 24.4 Å². The fraction of sp³-hybridized carbons (Fsp3) is 0.542. The van der Waals surface area contributed by atoms with Gasteiger partial charge in [-0.2, -0.15) is 5.10 Å². The second-order valence-electron chi connectivity index (χ2n) is 8.74. The highest BCUT2D eigenvalue weighted by Crippen LogP contribution is 2.27. The fourth-order valence-electron chi connectivity index (χ4n) is 3.13. The van der Waals surface area contributed by atoms with Crippen molar-refractivity contribution in [2.75, 3.05) is 25.5 Å². The first-order chi connectivity index (χ1) is 14.7. The topological polar surface area (TPSA) is 76.5 Å². The van der Waals surface area contributed by atoms with Gasteiger partial charge < -0.3 is 15.0 Å². The second-order valence-corrected chi connectivity index (χ2v) is 8.74. The average Bonchev–Trinajstić information content (AvgIpc) is 3.15. The number of methoxy groups -OCH3 is 1. The van der Waals surface area contributed by atoms with Crippen LogP contribution in [0.25, 0.3) is 5.69 Å². The zero-order chi connectivity index (χ0) is 23.0. The van der Waals surface area contributed by atoms with E-state index >= 15 is 0 Å². The fourth-order valence-corrected chi connectivity index (χ4v) is 3.13. The number of rotatable bonds is 10. The summed E-state index contributed by atoms with van der Waals surface area (Å²) in [6.07, 6.45) is 3.06. The summed E-state index contributed by atoms with van der Waals surface area (Å²) in [6.45, 7) is 10.9. The van der Waals surface area contributed by atoms with E-state index in [-0.39, 0.29) is 23.8 Å². The molecule has 31 heavy (non-hydrogen) atoms. The van der Waals surface area contributed by atoms with Crippen LogP contribution in [-0.4, -0.2) is 46.7 Å². The summed E-state index contributed by atoms with van der Waals surface area (Å²) in [5.74, 6) is 1.12. The molecule has 1 aromatic carbocycles. The predicted octanol–water partition coefficient (Wildman–Crippen LogP) is 4.55. The zero-order valence-corrected chi connectivity index (χ0v) is 19.7. The van der Waals surface area contributed by atoms with Crippen molar-refractivity contribution < 1.29 is 14.3 Å². The van der Waals surface area contributed by atoms with Gasteiger partial charge in [0.25, 0.3) is 0 Å². The first-order valence-corrected chi connectivity index (χ1v) is 11.0. The normalized spacial score (nSPS) is 11.3. The molecule has 2 rings (SSSR count). The molecular weight excluding hydrogens is 392 g/mol. The van der Waals surface area contributed by atoms with Crippen molar-refractivity contribution in [2.24, 2.45) is 0 Å². The van der Waals surface area contributed by atoms with E-state index in [9.17, 15) is 9.59 Å². The molecule has 0 unspecified atom stereocenters. The maximum absolute atomic E-state index is 12.9. The Labute approximate surface area is 185 Å². The Bertz CT molecular complexity index is 866. The number of aromatic nitrogens is 2. The number of anilines is 1. The van der Waals surface area contributed by atoms with E-state index < -0.39 is 0 Å². The van der Waals surface area contributed by atoms with Gasteiger partial charge in [0.15, 0.2) is 0 Å². The van der Waals surface area contributed by atoms with E-state index in [1.807, 2.05) is 37.3 Å². The van der Waals surface area contributed by atoms with Crippen LogP contribution in [-0.2, 0) is 15.0 Å². The molecule has 0 aliphatic rings. The number of hydrogen-bond acceptors (Lipinski definition) is 4. The third kappa shape index (κ3) is 6.84. The number of ether oxygens (including phenoxy) is 1. The predicted molar refractivity (Wildman–Crippen MR) is 124 cm³/mol. The van der Waals surface area contributed by atoms with E-state index in [2.05, 4.69) is 33.0 Å². The molecule has 2 aromatic rings. The number of nitrogens with zero attached hydrogens (tertiary/aromatic N) is 3. The van der Waals surface area contributed by atoms with Gasteiger partial charge >= 0.3 is 0 Å². The van der Waals surface area contributed by atoms with Gasteiger partial charge in [-0.1, -0.05) is 41.0 Å². The van der Waals surface area contributed by atoms with Crippen molar-refractivity contribution in [2.45, 2.75) is 65.7 Å². The largest absolute Gasteiger partial charge is 0.497 e. The van der Waals surface area contributed by atoms with Crippen LogP contribution in [0.2, 0.25) is 0 Å². The van der Waals surface area contributed by atoms with Crippen LogP contribution in [0.1, 0.15) is 66.0 Å². The van der Waals surface area contributed by atoms with Gasteiger partial charge in [-0.15, -0.1) is 0 Å². The molecule has 0 fully saturated rings. The number of amides is 2. The molecule has 1 aromatic heterocycles. The van der Waals surface area contributed by atoms with Crippen LogP contribution in [0.4, 0.5) is 5.82 Å². The highest BCUT2D eigenvalue weighted by Gasteiger charge is 2.23. The molecule has 0 aliphatic carbocycles. The molecule has 170 valence electrons. The summed E-state index contributed by atoms with van der Waals surface area (Å²) >= 11 is 0. The lowest BCUT2D eigenvalue weighted by atomic mass is 9.92. The van der Waals surface area contributed by atoms with Crippen molar-refractivity contribution >= 4 is 17.6 Å². The van der Waals surface area contributed by atoms with E-state index in [0.29, 0.717) is 18.8 Å². The van der Waals surface area contributed by atoms with Crippen molar-refractivity contribution in [1.29, 1.82) is 0 Å². The van der Waals surface area contributed by atoms with Crippen molar-refractivity contribution in [1.82, 2.24) is 14.7 Å². The standard InChI is InChI=1S/C24H36N4O3/c1-7-9-15-27(23(30)10-8-2)17-22(29)25-21-16-20(24(3,4)5)26-28(21)18-11-13-19(31-6)14-12-18/h11-14,16H,7-10,15,17H2,1-6H3,(H,25,29). The summed E-state index contributed by atoms with van der Waals surface area (Å²) in [5, 5.41) is 7.70. The van der Waals surface area contributed by atoms with Gasteiger partial charge in [0.1, 0.15) is 11.6 Å². The summed E-state index contributed by atoms with van der Waals surface area (Å²) in [7, 11) is 1.62. The maximum Gasteiger partial charge on any atom is 0.245 e. The van der Waals surface area contributed by atoms with E-state index in [4.69, 9.17) is 9.84 Å². The van der Waals surface area contributed by atoms with Gasteiger partial charge in [-0.3, -0.25) is 9.59 Å². The second kappa shape index (κ2) is 11.0. The van der Waals surface area contributed by atoms with Crippen molar-refractivity contribution in [3.63, 3.8) is 0 Å². The molecule has 0 saturated heterocycles. The van der Waals surface area contributed by atoms with Crippen LogP contribution in [0.5, 0.6) is 5.75 Å². The number of carbonyl (C=O) groups is 2. The van der Waals surface area contributed by atoms with Crippen LogP contribution in [0.15, 0.2) is 30.3 Å². The Hall–Kier alpha value is -2.83. The summed E-state index contributed by atoms with van der Waals surface area (Å²) in [4.78, 5) is 27.0. The Morgan fingerprint density at radius 3 is 2.35 bits per heavy atom. The molecular formula is C24H36N4O3. The molecule has 1 heterocycles. The smallest absolute Gasteiger partial charge is 0.245 e. The van der Waals surface area contributed by atoms with Gasteiger partial charge in [-0.25, -0.2) is 4.68 Å². The Morgan fingerprint density at radius 1 is 1.13 bits per heavy atom. The molecule has 7 heteroatoms. The van der Waals surface area contributed by atoms with Gasteiger partial charge in [-0.05, 0) is 37.1 Å². The maximum atomic E-state index is 12.9. The molecule has 7 nitrogen and oxygen atoms in total.